The zero-order valence-corrected chi connectivity index (χ0v) is 20.0. The maximum absolute atomic E-state index is 15.1. The Labute approximate surface area is 204 Å². The van der Waals surface area contributed by atoms with E-state index in [0.29, 0.717) is 16.6 Å². The number of nitrogens with one attached hydrogen (secondary N) is 3. The standard InChI is InChI=1S/C22H23F3N6O4S/c1-3-7-28-36(34,35)30-21-17(24)13(6-8-27-21)10-31-11-14(20(26)32)19(18(25)22(31)33)29-16-5-4-12(2)9-15(16)23/h4-6,8-9,11,28-29H,3,7,10H2,1-2H3,(H2,26,32)(H,27,30). The van der Waals surface area contributed by atoms with E-state index in [4.69, 9.17) is 5.73 Å². The number of halogens is 3. The second kappa shape index (κ2) is 10.8. The summed E-state index contributed by atoms with van der Waals surface area (Å²) in [5.74, 6) is -5.10. The van der Waals surface area contributed by atoms with Crippen molar-refractivity contribution < 1.29 is 26.4 Å². The van der Waals surface area contributed by atoms with E-state index in [1.54, 1.807) is 13.8 Å². The van der Waals surface area contributed by atoms with Crippen LogP contribution < -0.4 is 26.1 Å². The van der Waals surface area contributed by atoms with Gasteiger partial charge in [-0.05, 0) is 37.1 Å². The van der Waals surface area contributed by atoms with Crippen molar-refractivity contribution in [2.24, 2.45) is 5.73 Å². The average Bonchev–Trinajstić information content (AvgIpc) is 2.81. The van der Waals surface area contributed by atoms with Gasteiger partial charge in [0, 0.05) is 24.5 Å². The molecule has 0 spiro atoms. The van der Waals surface area contributed by atoms with Crippen molar-refractivity contribution in [3.8, 4) is 0 Å². The summed E-state index contributed by atoms with van der Waals surface area (Å²) in [5, 5.41) is 2.38. The first kappa shape index (κ1) is 26.7. The highest BCUT2D eigenvalue weighted by Crippen LogP contribution is 2.25. The molecule has 0 aliphatic rings. The van der Waals surface area contributed by atoms with Crippen LogP contribution in [0.3, 0.4) is 0 Å². The number of nitrogens with zero attached hydrogens (tertiary/aromatic N) is 2. The van der Waals surface area contributed by atoms with Crippen LogP contribution in [0.5, 0.6) is 0 Å². The van der Waals surface area contributed by atoms with Crippen molar-refractivity contribution in [1.29, 1.82) is 0 Å². The zero-order valence-electron chi connectivity index (χ0n) is 19.2. The van der Waals surface area contributed by atoms with Crippen molar-refractivity contribution in [3.63, 3.8) is 0 Å². The molecule has 0 saturated heterocycles. The summed E-state index contributed by atoms with van der Waals surface area (Å²) < 4.78 is 73.1. The molecule has 1 aromatic carbocycles. The van der Waals surface area contributed by atoms with Crippen LogP contribution in [0.4, 0.5) is 30.4 Å². The molecule has 2 aromatic heterocycles. The first-order valence-electron chi connectivity index (χ1n) is 10.6. The van der Waals surface area contributed by atoms with Gasteiger partial charge in [-0.15, -0.1) is 0 Å². The van der Waals surface area contributed by atoms with E-state index in [1.165, 1.54) is 18.2 Å². The number of hydrogen-bond donors (Lipinski definition) is 4. The van der Waals surface area contributed by atoms with Crippen LogP contribution in [0.15, 0.2) is 41.5 Å². The van der Waals surface area contributed by atoms with Gasteiger partial charge in [0.1, 0.15) is 5.82 Å². The molecule has 3 rings (SSSR count). The maximum atomic E-state index is 15.1. The molecule has 0 saturated carbocycles. The van der Waals surface area contributed by atoms with Crippen LogP contribution in [0.25, 0.3) is 0 Å². The van der Waals surface area contributed by atoms with E-state index in [9.17, 15) is 26.8 Å². The Hall–Kier alpha value is -3.91. The van der Waals surface area contributed by atoms with Gasteiger partial charge in [-0.25, -0.2) is 13.8 Å². The van der Waals surface area contributed by atoms with Crippen LogP contribution in [0, 0.1) is 24.4 Å². The molecule has 36 heavy (non-hydrogen) atoms. The highest BCUT2D eigenvalue weighted by Gasteiger charge is 2.22. The van der Waals surface area contributed by atoms with Gasteiger partial charge >= 0.3 is 0 Å². The first-order chi connectivity index (χ1) is 16.9. The Bertz CT molecular complexity index is 1480. The molecule has 14 heteroatoms. The first-order valence-corrected chi connectivity index (χ1v) is 12.1. The third kappa shape index (κ3) is 6.01. The number of benzene rings is 1. The number of aryl methyl sites for hydroxylation is 1. The van der Waals surface area contributed by atoms with E-state index in [0.717, 1.165) is 18.5 Å². The number of amides is 1. The Morgan fingerprint density at radius 3 is 2.53 bits per heavy atom. The van der Waals surface area contributed by atoms with Gasteiger partial charge in [-0.2, -0.15) is 17.5 Å². The summed E-state index contributed by atoms with van der Waals surface area (Å²) in [7, 11) is -4.11. The van der Waals surface area contributed by atoms with Gasteiger partial charge < -0.3 is 15.6 Å². The number of anilines is 3. The summed E-state index contributed by atoms with van der Waals surface area (Å²) in [6.45, 7) is 2.88. The minimum atomic E-state index is -4.11. The number of carbonyl (C=O) groups excluding carboxylic acids is 1. The quantitative estimate of drug-likeness (QED) is 0.320. The number of rotatable bonds is 10. The van der Waals surface area contributed by atoms with Crippen molar-refractivity contribution in [1.82, 2.24) is 14.3 Å². The lowest BCUT2D eigenvalue weighted by atomic mass is 10.1. The zero-order chi connectivity index (χ0) is 26.6. The molecule has 0 bridgehead atoms. The predicted molar refractivity (Wildman–Crippen MR) is 128 cm³/mol. The molecule has 0 unspecified atom stereocenters. The monoisotopic (exact) mass is 524 g/mol. The normalized spacial score (nSPS) is 11.4. The summed E-state index contributed by atoms with van der Waals surface area (Å²) in [6.07, 6.45) is 2.48. The SMILES string of the molecule is CCCNS(=O)(=O)Nc1nccc(Cn2cc(C(N)=O)c(Nc3ccc(C)cc3F)c(F)c2=O)c1F. The molecular formula is C22H23F3N6O4S. The van der Waals surface area contributed by atoms with E-state index < -0.39 is 62.7 Å². The third-order valence-electron chi connectivity index (χ3n) is 4.96. The maximum Gasteiger partial charge on any atom is 0.300 e. The third-order valence-corrected chi connectivity index (χ3v) is 6.00. The summed E-state index contributed by atoms with van der Waals surface area (Å²) >= 11 is 0. The van der Waals surface area contributed by atoms with Crippen molar-refractivity contribution in [2.75, 3.05) is 16.6 Å². The smallest absolute Gasteiger partial charge is 0.300 e. The molecule has 2 heterocycles. The lowest BCUT2D eigenvalue weighted by molar-refractivity contribution is 0.1000. The second-order valence-corrected chi connectivity index (χ2v) is 9.27. The van der Waals surface area contributed by atoms with Crippen LogP contribution in [0.1, 0.15) is 34.8 Å². The van der Waals surface area contributed by atoms with Crippen molar-refractivity contribution >= 4 is 33.3 Å². The molecular weight excluding hydrogens is 501 g/mol. The van der Waals surface area contributed by atoms with Crippen molar-refractivity contribution in [2.45, 2.75) is 26.8 Å². The lowest BCUT2D eigenvalue weighted by Crippen LogP contribution is -2.31. The summed E-state index contributed by atoms with van der Waals surface area (Å²) in [5.41, 5.74) is 3.10. The minimum absolute atomic E-state index is 0.105. The average molecular weight is 525 g/mol. The molecule has 192 valence electrons. The Morgan fingerprint density at radius 1 is 1.17 bits per heavy atom. The fourth-order valence-corrected chi connectivity index (χ4v) is 4.12. The van der Waals surface area contributed by atoms with Crippen LogP contribution in [-0.2, 0) is 16.8 Å². The number of nitrogens with two attached hydrogens (primary N) is 1. The van der Waals surface area contributed by atoms with Gasteiger partial charge in [0.25, 0.3) is 21.7 Å². The number of pyridine rings is 2. The Balaban J connectivity index is 1.99. The second-order valence-electron chi connectivity index (χ2n) is 7.77. The van der Waals surface area contributed by atoms with Gasteiger partial charge in [0.15, 0.2) is 11.6 Å². The molecule has 0 aliphatic heterocycles. The highest BCUT2D eigenvalue weighted by molar-refractivity contribution is 7.90. The van der Waals surface area contributed by atoms with Gasteiger partial charge in [-0.1, -0.05) is 13.0 Å². The molecule has 10 nitrogen and oxygen atoms in total. The Kier molecular flexibility index (Phi) is 8.00. The molecule has 0 radical (unpaired) electrons. The number of hydrogen-bond acceptors (Lipinski definition) is 6. The van der Waals surface area contributed by atoms with Crippen molar-refractivity contribution in [3.05, 3.63) is 81.2 Å². The highest BCUT2D eigenvalue weighted by atomic mass is 32.2. The molecule has 1 amide bonds. The number of aromatic nitrogens is 2. The van der Waals surface area contributed by atoms with E-state index in [1.807, 2.05) is 4.72 Å². The fourth-order valence-electron chi connectivity index (χ4n) is 3.17. The fraction of sp³-hybridized carbons (Fsp3) is 0.227. The Morgan fingerprint density at radius 2 is 1.89 bits per heavy atom. The largest absolute Gasteiger partial charge is 0.365 e. The molecule has 5 N–H and O–H groups in total. The topological polar surface area (TPSA) is 148 Å². The van der Waals surface area contributed by atoms with E-state index in [2.05, 4.69) is 15.0 Å². The molecule has 0 aliphatic carbocycles. The van der Waals surface area contributed by atoms with E-state index >= 15 is 4.39 Å². The number of primary amides is 1. The van der Waals surface area contributed by atoms with Crippen LogP contribution in [-0.4, -0.2) is 30.4 Å². The predicted octanol–water partition coefficient (Wildman–Crippen LogP) is 2.52. The van der Waals surface area contributed by atoms with Gasteiger partial charge in [-0.3, -0.25) is 14.3 Å². The number of carbonyl (C=O) groups is 1. The van der Waals surface area contributed by atoms with Crippen LogP contribution in [0.2, 0.25) is 0 Å². The molecule has 0 atom stereocenters. The van der Waals surface area contributed by atoms with Crippen LogP contribution >= 0.6 is 0 Å². The molecule has 3 aromatic rings. The molecule has 0 fully saturated rings. The summed E-state index contributed by atoms with van der Waals surface area (Å²) in [6, 6.07) is 5.14. The van der Waals surface area contributed by atoms with E-state index in [-0.39, 0.29) is 17.8 Å². The summed E-state index contributed by atoms with van der Waals surface area (Å²) in [4.78, 5) is 28.4. The minimum Gasteiger partial charge on any atom is -0.365 e. The van der Waals surface area contributed by atoms with Gasteiger partial charge in [0.05, 0.1) is 23.5 Å². The lowest BCUT2D eigenvalue weighted by Gasteiger charge is -2.16. The van der Waals surface area contributed by atoms with Gasteiger partial charge in [0.2, 0.25) is 5.82 Å².